The van der Waals surface area contributed by atoms with Gasteiger partial charge in [0.2, 0.25) is 19.2 Å². The molecule has 2 rings (SSSR count). The molecule has 0 aromatic heterocycles. The summed E-state index contributed by atoms with van der Waals surface area (Å²) >= 11 is 0. The number of allylic oxidation sites excluding steroid dienone is 1. The Morgan fingerprint density at radius 3 is 1.78 bits per heavy atom. The molecule has 1 fully saturated rings. The molecule has 1 atom stereocenters. The lowest BCUT2D eigenvalue weighted by atomic mass is 9.76. The summed E-state index contributed by atoms with van der Waals surface area (Å²) in [5.74, 6) is 2.52. The number of amides is 3. The first-order valence-electron chi connectivity index (χ1n) is 15.1. The van der Waals surface area contributed by atoms with E-state index in [1.165, 1.54) is 81.8 Å². The number of rotatable bonds is 10. The number of carbonyl (C=O) groups is 3. The molecular formula is C33H63N5O3. The van der Waals surface area contributed by atoms with Crippen molar-refractivity contribution in [2.45, 2.75) is 118 Å². The van der Waals surface area contributed by atoms with E-state index in [-0.39, 0.29) is 19.2 Å². The van der Waals surface area contributed by atoms with Crippen molar-refractivity contribution in [1.29, 1.82) is 0 Å². The van der Waals surface area contributed by atoms with Crippen molar-refractivity contribution in [3.05, 3.63) is 41.5 Å². The summed E-state index contributed by atoms with van der Waals surface area (Å²) in [4.78, 5) is 29.7. The molecule has 8 heteroatoms. The monoisotopic (exact) mass is 577 g/mol. The molecular weight excluding hydrogens is 514 g/mol. The molecule has 1 aromatic rings. The summed E-state index contributed by atoms with van der Waals surface area (Å²) < 4.78 is 0. The van der Waals surface area contributed by atoms with Gasteiger partial charge in [-0.3, -0.25) is 19.4 Å². The van der Waals surface area contributed by atoms with Gasteiger partial charge in [0.05, 0.1) is 5.69 Å². The van der Waals surface area contributed by atoms with Crippen LogP contribution < -0.4 is 22.9 Å². The van der Waals surface area contributed by atoms with E-state index in [0.717, 1.165) is 17.5 Å². The number of primary amides is 3. The van der Waals surface area contributed by atoms with Crippen LogP contribution in [0.1, 0.15) is 122 Å². The van der Waals surface area contributed by atoms with Crippen molar-refractivity contribution in [2.24, 2.45) is 39.8 Å². The van der Waals surface area contributed by atoms with Gasteiger partial charge in [-0.05, 0) is 61.4 Å². The second-order valence-electron chi connectivity index (χ2n) is 10.0. The second-order valence-corrected chi connectivity index (χ2v) is 10.0. The molecule has 1 aliphatic rings. The molecule has 0 heterocycles. The van der Waals surface area contributed by atoms with E-state index in [0.29, 0.717) is 12.5 Å². The van der Waals surface area contributed by atoms with Crippen molar-refractivity contribution in [3.63, 3.8) is 0 Å². The van der Waals surface area contributed by atoms with Crippen LogP contribution in [0, 0.1) is 18.8 Å². The zero-order chi connectivity index (χ0) is 32.3. The van der Waals surface area contributed by atoms with Gasteiger partial charge in [-0.25, -0.2) is 0 Å². The van der Waals surface area contributed by atoms with Gasteiger partial charge in [-0.2, -0.15) is 0 Å². The second kappa shape index (κ2) is 37.0. The highest BCUT2D eigenvalue weighted by atomic mass is 16.1. The minimum atomic E-state index is 0.250. The summed E-state index contributed by atoms with van der Waals surface area (Å²) in [6.45, 7) is 17.3. The highest BCUT2D eigenvalue weighted by molar-refractivity contribution is 5.52. The Labute approximate surface area is 251 Å². The Morgan fingerprint density at radius 2 is 1.41 bits per heavy atom. The maximum atomic E-state index is 8.58. The lowest BCUT2D eigenvalue weighted by Gasteiger charge is -2.29. The zero-order valence-corrected chi connectivity index (χ0v) is 27.0. The normalized spacial score (nSPS) is 12.6. The fraction of sp³-hybridized carbons (Fsp3) is 0.636. The van der Waals surface area contributed by atoms with Gasteiger partial charge in [-0.1, -0.05) is 117 Å². The fourth-order valence-electron chi connectivity index (χ4n) is 4.20. The van der Waals surface area contributed by atoms with Gasteiger partial charge in [0, 0.05) is 6.54 Å². The minimum Gasteiger partial charge on any atom is -0.372 e. The van der Waals surface area contributed by atoms with E-state index in [9.17, 15) is 0 Å². The Kier molecular flexibility index (Phi) is 40.6. The van der Waals surface area contributed by atoms with E-state index in [1.807, 2.05) is 6.07 Å². The minimum absolute atomic E-state index is 0.250. The number of hydrogen-bond acceptors (Lipinski definition) is 5. The number of nitrogens with two attached hydrogens (primary N) is 4. The highest BCUT2D eigenvalue weighted by Gasteiger charge is 2.21. The van der Waals surface area contributed by atoms with E-state index in [1.54, 1.807) is 0 Å². The van der Waals surface area contributed by atoms with E-state index < -0.39 is 0 Å². The Balaban J connectivity index is -0.000000239. The standard InChI is InChI=1S/C15H29N.C11H15N.C4H10.3CH3NO/c1-2-3-9-14(12-7-8-13-16)15-10-5-4-6-11-15;1-8(2)10-5-6-11(12-4)9(3)7-10;1-3-4-2;3*2-1-3/h7-8,14-15H,2-6,9-13,16H2,1H3;5-8H,4H2,1-3H3;3-4H2,1-2H3;3*1H,(H2,2,3)/b8-7+;;;;;. The summed E-state index contributed by atoms with van der Waals surface area (Å²) in [5.41, 5.74) is 21.6. The number of nitrogens with zero attached hydrogens (tertiary/aromatic N) is 1. The number of aliphatic imine (C=N–C) groups is 1. The molecule has 1 aromatic carbocycles. The molecule has 41 heavy (non-hydrogen) atoms. The van der Waals surface area contributed by atoms with Crippen LogP contribution in [0.5, 0.6) is 0 Å². The first kappa shape index (κ1) is 45.0. The van der Waals surface area contributed by atoms with Gasteiger partial charge in [0.15, 0.2) is 0 Å². The lowest BCUT2D eigenvalue weighted by Crippen LogP contribution is -2.17. The third-order valence-electron chi connectivity index (χ3n) is 6.54. The number of benzene rings is 1. The summed E-state index contributed by atoms with van der Waals surface area (Å²) in [7, 11) is 0. The van der Waals surface area contributed by atoms with E-state index >= 15 is 0 Å². The fourth-order valence-corrected chi connectivity index (χ4v) is 4.20. The summed E-state index contributed by atoms with van der Waals surface area (Å²) in [6, 6.07) is 6.31. The maximum Gasteiger partial charge on any atom is 0.204 e. The molecule has 1 saturated carbocycles. The molecule has 8 N–H and O–H groups in total. The average molecular weight is 578 g/mol. The van der Waals surface area contributed by atoms with E-state index in [2.05, 4.69) is 94.7 Å². The molecule has 8 nitrogen and oxygen atoms in total. The quantitative estimate of drug-likeness (QED) is 0.136. The smallest absolute Gasteiger partial charge is 0.204 e. The third kappa shape index (κ3) is 31.4. The van der Waals surface area contributed by atoms with Crippen molar-refractivity contribution < 1.29 is 14.4 Å². The molecule has 238 valence electrons. The molecule has 0 spiro atoms. The predicted octanol–water partition coefficient (Wildman–Crippen LogP) is 6.84. The topological polar surface area (TPSA) is 168 Å². The van der Waals surface area contributed by atoms with Crippen LogP contribution >= 0.6 is 0 Å². The maximum absolute atomic E-state index is 8.58. The lowest BCUT2D eigenvalue weighted by molar-refractivity contribution is -0.107. The predicted molar refractivity (Wildman–Crippen MR) is 178 cm³/mol. The van der Waals surface area contributed by atoms with Crippen LogP contribution in [0.2, 0.25) is 0 Å². The van der Waals surface area contributed by atoms with Gasteiger partial charge in [0.1, 0.15) is 0 Å². The van der Waals surface area contributed by atoms with Crippen LogP contribution in [0.3, 0.4) is 0 Å². The Bertz CT molecular complexity index is 732. The van der Waals surface area contributed by atoms with Crippen molar-refractivity contribution in [3.8, 4) is 0 Å². The van der Waals surface area contributed by atoms with Gasteiger partial charge < -0.3 is 22.9 Å². The molecule has 1 aliphatic carbocycles. The molecule has 0 radical (unpaired) electrons. The zero-order valence-electron chi connectivity index (χ0n) is 27.0. The van der Waals surface area contributed by atoms with Crippen molar-refractivity contribution >= 4 is 31.6 Å². The SMILES string of the molecule is C=Nc1ccc(C(C)C)cc1C.CCCC.CCCCC(C/C=C/CN)C1CCCCC1.NC=O.NC=O.NC=O. The first-order valence-corrected chi connectivity index (χ1v) is 15.1. The number of hydrogen-bond donors (Lipinski definition) is 4. The third-order valence-corrected chi connectivity index (χ3v) is 6.54. The van der Waals surface area contributed by atoms with Crippen LogP contribution in [-0.2, 0) is 14.4 Å². The van der Waals surface area contributed by atoms with Gasteiger partial charge >= 0.3 is 0 Å². The summed E-state index contributed by atoms with van der Waals surface area (Å²) in [5, 5.41) is 0. The molecule has 0 saturated heterocycles. The van der Waals surface area contributed by atoms with Crippen LogP contribution in [0.25, 0.3) is 0 Å². The van der Waals surface area contributed by atoms with Crippen molar-refractivity contribution in [2.75, 3.05) is 6.54 Å². The summed E-state index contributed by atoms with van der Waals surface area (Å²) in [6.07, 6.45) is 20.6. The average Bonchev–Trinajstić information content (AvgIpc) is 2.97. The van der Waals surface area contributed by atoms with E-state index in [4.69, 9.17) is 20.1 Å². The van der Waals surface area contributed by atoms with Crippen LogP contribution in [0.4, 0.5) is 5.69 Å². The molecule has 1 unspecified atom stereocenters. The van der Waals surface area contributed by atoms with Gasteiger partial charge in [-0.15, -0.1) is 0 Å². The van der Waals surface area contributed by atoms with Gasteiger partial charge in [0.25, 0.3) is 0 Å². The Hall–Kier alpha value is -3.00. The Morgan fingerprint density at radius 1 is 0.902 bits per heavy atom. The number of carbonyl (C=O) groups excluding carboxylic acids is 3. The van der Waals surface area contributed by atoms with Crippen LogP contribution in [-0.4, -0.2) is 32.5 Å². The molecule has 3 amide bonds. The number of aryl methyl sites for hydroxylation is 1. The van der Waals surface area contributed by atoms with Crippen molar-refractivity contribution in [1.82, 2.24) is 0 Å². The highest BCUT2D eigenvalue weighted by Crippen LogP contribution is 2.34. The first-order chi connectivity index (χ1) is 19.7. The molecule has 0 bridgehead atoms. The number of unbranched alkanes of at least 4 members (excludes halogenated alkanes) is 2. The molecule has 0 aliphatic heterocycles. The van der Waals surface area contributed by atoms with Crippen LogP contribution in [0.15, 0.2) is 35.3 Å². The largest absolute Gasteiger partial charge is 0.372 e.